The fraction of sp³-hybridized carbons (Fsp3) is 0.864. The Labute approximate surface area is 166 Å². The summed E-state index contributed by atoms with van der Waals surface area (Å²) in [5, 5.41) is 7.43. The van der Waals surface area contributed by atoms with E-state index in [9.17, 15) is 0 Å². The standard InChI is InChI=1S/C22H41N5/c1-10-22(8,9)27-16-13-11-15(12-14-16)23-19-25-17(20(2,3)4)24-18(26-19)21(5,6)7/h15-16,27H,10-14H2,1-9H3,(H,23,24,25,26). The average molecular weight is 376 g/mol. The van der Waals surface area contributed by atoms with Gasteiger partial charge in [0, 0.05) is 28.5 Å². The highest BCUT2D eigenvalue weighted by Crippen LogP contribution is 2.27. The third-order valence-corrected chi connectivity index (χ3v) is 5.52. The molecule has 0 spiro atoms. The van der Waals surface area contributed by atoms with Crippen LogP contribution in [-0.2, 0) is 10.8 Å². The maximum Gasteiger partial charge on any atom is 0.226 e. The van der Waals surface area contributed by atoms with Crippen LogP contribution in [0, 0.1) is 0 Å². The van der Waals surface area contributed by atoms with Crippen molar-refractivity contribution in [1.82, 2.24) is 20.3 Å². The number of nitrogens with zero attached hydrogens (tertiary/aromatic N) is 3. The molecule has 2 N–H and O–H groups in total. The normalized spacial score (nSPS) is 22.0. The molecule has 1 aromatic heterocycles. The summed E-state index contributed by atoms with van der Waals surface area (Å²) in [6, 6.07) is 1.06. The summed E-state index contributed by atoms with van der Waals surface area (Å²) in [5.74, 6) is 2.47. The minimum Gasteiger partial charge on any atom is -0.351 e. The molecule has 1 aliphatic carbocycles. The lowest BCUT2D eigenvalue weighted by Gasteiger charge is -2.36. The van der Waals surface area contributed by atoms with Crippen molar-refractivity contribution in [2.24, 2.45) is 0 Å². The van der Waals surface area contributed by atoms with Crippen LogP contribution in [0.15, 0.2) is 0 Å². The molecule has 0 radical (unpaired) electrons. The van der Waals surface area contributed by atoms with Crippen LogP contribution in [0.25, 0.3) is 0 Å². The first-order valence-corrected chi connectivity index (χ1v) is 10.6. The fourth-order valence-electron chi connectivity index (χ4n) is 3.33. The molecule has 0 aromatic carbocycles. The topological polar surface area (TPSA) is 62.7 Å². The minimum absolute atomic E-state index is 0.0906. The molecule has 1 aliphatic rings. The van der Waals surface area contributed by atoms with Gasteiger partial charge in [-0.05, 0) is 46.0 Å². The summed E-state index contributed by atoms with van der Waals surface area (Å²) in [7, 11) is 0. The minimum atomic E-state index is -0.0906. The number of aromatic nitrogens is 3. The second kappa shape index (κ2) is 8.02. The summed E-state index contributed by atoms with van der Waals surface area (Å²) < 4.78 is 0. The fourth-order valence-corrected chi connectivity index (χ4v) is 3.33. The molecule has 27 heavy (non-hydrogen) atoms. The zero-order valence-electron chi connectivity index (χ0n) is 19.0. The van der Waals surface area contributed by atoms with E-state index in [-0.39, 0.29) is 16.4 Å². The van der Waals surface area contributed by atoms with Crippen molar-refractivity contribution in [3.05, 3.63) is 11.6 Å². The van der Waals surface area contributed by atoms with Gasteiger partial charge in [0.1, 0.15) is 11.6 Å². The average Bonchev–Trinajstić information content (AvgIpc) is 2.54. The van der Waals surface area contributed by atoms with Crippen LogP contribution >= 0.6 is 0 Å². The van der Waals surface area contributed by atoms with Gasteiger partial charge in [-0.2, -0.15) is 9.97 Å². The Bertz CT molecular complexity index is 584. The maximum atomic E-state index is 4.76. The largest absolute Gasteiger partial charge is 0.351 e. The van der Waals surface area contributed by atoms with Crippen molar-refractivity contribution in [3.8, 4) is 0 Å². The van der Waals surface area contributed by atoms with Crippen LogP contribution in [-0.4, -0.2) is 32.6 Å². The molecular formula is C22H41N5. The van der Waals surface area contributed by atoms with Crippen LogP contribution in [0.1, 0.15) is 106 Å². The molecule has 0 amide bonds. The Kier molecular flexibility index (Phi) is 6.55. The lowest BCUT2D eigenvalue weighted by Crippen LogP contribution is -2.48. The molecule has 0 aliphatic heterocycles. The van der Waals surface area contributed by atoms with Crippen LogP contribution < -0.4 is 10.6 Å². The van der Waals surface area contributed by atoms with Gasteiger partial charge in [-0.15, -0.1) is 0 Å². The molecule has 1 fully saturated rings. The van der Waals surface area contributed by atoms with Gasteiger partial charge in [0.05, 0.1) is 0 Å². The molecule has 5 heteroatoms. The molecule has 1 saturated carbocycles. The van der Waals surface area contributed by atoms with Crippen molar-refractivity contribution in [1.29, 1.82) is 0 Å². The summed E-state index contributed by atoms with van der Waals surface area (Å²) in [6.45, 7) is 19.8. The smallest absolute Gasteiger partial charge is 0.226 e. The highest BCUT2D eigenvalue weighted by molar-refractivity contribution is 5.29. The van der Waals surface area contributed by atoms with Gasteiger partial charge in [0.25, 0.3) is 0 Å². The predicted molar refractivity (Wildman–Crippen MR) is 114 cm³/mol. The van der Waals surface area contributed by atoms with E-state index >= 15 is 0 Å². The van der Waals surface area contributed by atoms with Gasteiger partial charge in [0.15, 0.2) is 0 Å². The highest BCUT2D eigenvalue weighted by atomic mass is 15.2. The summed E-state index contributed by atoms with van der Waals surface area (Å²) in [6.07, 6.45) is 5.85. The molecule has 2 rings (SSSR count). The van der Waals surface area contributed by atoms with Crippen LogP contribution in [0.3, 0.4) is 0 Å². The van der Waals surface area contributed by atoms with E-state index in [1.165, 1.54) is 12.8 Å². The quantitative estimate of drug-likeness (QED) is 0.761. The summed E-state index contributed by atoms with van der Waals surface area (Å²) in [4.78, 5) is 14.3. The van der Waals surface area contributed by atoms with Gasteiger partial charge < -0.3 is 10.6 Å². The SMILES string of the molecule is CCC(C)(C)NC1CCC(Nc2nc(C(C)(C)C)nc(C(C)(C)C)n2)CC1. The zero-order chi connectivity index (χ0) is 20.5. The number of anilines is 1. The zero-order valence-corrected chi connectivity index (χ0v) is 19.0. The van der Waals surface area contributed by atoms with Gasteiger partial charge in [-0.1, -0.05) is 48.5 Å². The Morgan fingerprint density at radius 2 is 1.19 bits per heavy atom. The van der Waals surface area contributed by atoms with Crippen molar-refractivity contribution in [2.75, 3.05) is 5.32 Å². The first-order chi connectivity index (χ1) is 12.3. The second-order valence-corrected chi connectivity index (χ2v) is 10.9. The summed E-state index contributed by atoms with van der Waals surface area (Å²) >= 11 is 0. The molecular weight excluding hydrogens is 334 g/mol. The maximum absolute atomic E-state index is 4.76. The number of nitrogens with one attached hydrogen (secondary N) is 2. The predicted octanol–water partition coefficient (Wildman–Crippen LogP) is 4.97. The third-order valence-electron chi connectivity index (χ3n) is 5.52. The van der Waals surface area contributed by atoms with E-state index in [2.05, 4.69) is 72.9 Å². The second-order valence-electron chi connectivity index (χ2n) is 10.9. The van der Waals surface area contributed by atoms with Crippen LogP contribution in [0.4, 0.5) is 5.95 Å². The molecule has 0 saturated heterocycles. The Morgan fingerprint density at radius 1 is 0.741 bits per heavy atom. The number of rotatable bonds is 5. The van der Waals surface area contributed by atoms with E-state index in [0.29, 0.717) is 12.1 Å². The molecule has 0 unspecified atom stereocenters. The van der Waals surface area contributed by atoms with E-state index in [1.807, 2.05) is 0 Å². The number of hydrogen-bond donors (Lipinski definition) is 2. The van der Waals surface area contributed by atoms with Crippen molar-refractivity contribution >= 4 is 5.95 Å². The van der Waals surface area contributed by atoms with E-state index in [1.54, 1.807) is 0 Å². The van der Waals surface area contributed by atoms with E-state index in [0.717, 1.165) is 36.9 Å². The van der Waals surface area contributed by atoms with Crippen LogP contribution in [0.5, 0.6) is 0 Å². The highest BCUT2D eigenvalue weighted by Gasteiger charge is 2.28. The van der Waals surface area contributed by atoms with Crippen molar-refractivity contribution < 1.29 is 0 Å². The Hall–Kier alpha value is -1.23. The van der Waals surface area contributed by atoms with Gasteiger partial charge in [-0.25, -0.2) is 4.98 Å². The first kappa shape index (κ1) is 22.1. The Balaban J connectivity index is 2.08. The molecule has 5 nitrogen and oxygen atoms in total. The van der Waals surface area contributed by atoms with Crippen LogP contribution in [0.2, 0.25) is 0 Å². The van der Waals surface area contributed by atoms with Gasteiger partial charge in [0.2, 0.25) is 5.95 Å². The lowest BCUT2D eigenvalue weighted by atomic mass is 9.88. The third kappa shape index (κ3) is 6.41. The lowest BCUT2D eigenvalue weighted by molar-refractivity contribution is 0.266. The van der Waals surface area contributed by atoms with E-state index < -0.39 is 0 Å². The monoisotopic (exact) mass is 375 g/mol. The molecule has 0 bridgehead atoms. The van der Waals surface area contributed by atoms with Gasteiger partial charge in [-0.3, -0.25) is 0 Å². The van der Waals surface area contributed by atoms with Gasteiger partial charge >= 0.3 is 0 Å². The molecule has 1 heterocycles. The van der Waals surface area contributed by atoms with Crippen molar-refractivity contribution in [3.63, 3.8) is 0 Å². The van der Waals surface area contributed by atoms with Crippen molar-refractivity contribution in [2.45, 2.75) is 123 Å². The summed E-state index contributed by atoms with van der Waals surface area (Å²) in [5.41, 5.74) is 0.0434. The Morgan fingerprint density at radius 3 is 1.59 bits per heavy atom. The molecule has 0 atom stereocenters. The van der Waals surface area contributed by atoms with E-state index in [4.69, 9.17) is 15.0 Å². The molecule has 154 valence electrons. The number of hydrogen-bond acceptors (Lipinski definition) is 5. The first-order valence-electron chi connectivity index (χ1n) is 10.6. The molecule has 1 aromatic rings.